The molecule has 50 heavy (non-hydrogen) atoms. The van der Waals surface area contributed by atoms with Gasteiger partial charge in [-0.1, -0.05) is 158 Å². The van der Waals surface area contributed by atoms with Crippen molar-refractivity contribution < 1.29 is 4.74 Å². The maximum atomic E-state index is 6.68. The Hall–Kier alpha value is -6.58. The molecule has 3 heteroatoms. The van der Waals surface area contributed by atoms with Gasteiger partial charge in [0.25, 0.3) is 0 Å². The molecule has 0 N–H and O–H groups in total. The maximum absolute atomic E-state index is 6.68. The van der Waals surface area contributed by atoms with Gasteiger partial charge >= 0.3 is 0 Å². The standard InChI is InChI=1S/C47H30N2O/c1-3-15-31(16-4-1)42-30-43(49-46(48-42)32-17-5-2-6-18-32)33-27-28-37-35-20-8-7-19-34(35)36-21-9-10-22-38(36)47(41(37)29-33)39-23-11-13-25-44(39)50-45-26-14-12-24-40(45)47/h1-30H. The smallest absolute Gasteiger partial charge is 0.160 e. The predicted octanol–water partition coefficient (Wildman–Crippen LogP) is 11.6. The number of para-hydroxylation sites is 2. The molecule has 0 amide bonds. The first-order valence-electron chi connectivity index (χ1n) is 17.0. The van der Waals surface area contributed by atoms with Gasteiger partial charge in [-0.2, -0.15) is 0 Å². The summed E-state index contributed by atoms with van der Waals surface area (Å²) in [5, 5.41) is 0. The summed E-state index contributed by atoms with van der Waals surface area (Å²) in [6.45, 7) is 0. The summed E-state index contributed by atoms with van der Waals surface area (Å²) in [4.78, 5) is 10.3. The lowest BCUT2D eigenvalue weighted by atomic mass is 9.62. The molecule has 234 valence electrons. The maximum Gasteiger partial charge on any atom is 0.160 e. The van der Waals surface area contributed by atoms with Crippen LogP contribution in [0.15, 0.2) is 182 Å². The molecular formula is C47H30N2O. The highest BCUT2D eigenvalue weighted by Gasteiger charge is 2.49. The first-order chi connectivity index (χ1) is 24.8. The molecule has 0 saturated heterocycles. The Morgan fingerprint density at radius 3 is 1.46 bits per heavy atom. The van der Waals surface area contributed by atoms with Gasteiger partial charge in [0.15, 0.2) is 5.82 Å². The molecule has 1 aromatic heterocycles. The van der Waals surface area contributed by atoms with E-state index in [1.165, 1.54) is 33.4 Å². The van der Waals surface area contributed by atoms with Crippen molar-refractivity contribution in [1.82, 2.24) is 9.97 Å². The van der Waals surface area contributed by atoms with Crippen LogP contribution in [-0.4, -0.2) is 9.97 Å². The van der Waals surface area contributed by atoms with Crippen LogP contribution in [0.25, 0.3) is 56.2 Å². The van der Waals surface area contributed by atoms with Crippen LogP contribution in [0.4, 0.5) is 0 Å². The van der Waals surface area contributed by atoms with E-state index in [1.54, 1.807) is 0 Å². The van der Waals surface area contributed by atoms with E-state index < -0.39 is 5.41 Å². The van der Waals surface area contributed by atoms with Crippen molar-refractivity contribution in [1.29, 1.82) is 0 Å². The molecule has 0 saturated carbocycles. The molecule has 8 aromatic rings. The summed E-state index contributed by atoms with van der Waals surface area (Å²) in [5.41, 5.74) is 13.6. The Kier molecular flexibility index (Phi) is 6.40. The van der Waals surface area contributed by atoms with Crippen LogP contribution in [-0.2, 0) is 5.41 Å². The van der Waals surface area contributed by atoms with E-state index >= 15 is 0 Å². The first-order valence-corrected chi connectivity index (χ1v) is 17.0. The zero-order chi connectivity index (χ0) is 33.1. The lowest BCUT2D eigenvalue weighted by molar-refractivity contribution is 0.435. The average molecular weight is 639 g/mol. The second-order valence-electron chi connectivity index (χ2n) is 12.9. The lowest BCUT2D eigenvalue weighted by Gasteiger charge is -2.42. The molecule has 0 radical (unpaired) electrons. The highest BCUT2D eigenvalue weighted by atomic mass is 16.5. The minimum atomic E-state index is -0.677. The van der Waals surface area contributed by atoms with Gasteiger partial charge in [0.05, 0.1) is 16.8 Å². The molecule has 7 aromatic carbocycles. The Bertz CT molecular complexity index is 2470. The monoisotopic (exact) mass is 638 g/mol. The fourth-order valence-corrected chi connectivity index (χ4v) is 8.03. The summed E-state index contributed by atoms with van der Waals surface area (Å²) in [5.74, 6) is 2.43. The lowest BCUT2D eigenvalue weighted by Crippen LogP contribution is -2.34. The highest BCUT2D eigenvalue weighted by Crippen LogP contribution is 2.61. The molecule has 1 aliphatic heterocycles. The zero-order valence-electron chi connectivity index (χ0n) is 27.1. The second-order valence-corrected chi connectivity index (χ2v) is 12.9. The molecule has 0 fully saturated rings. The van der Waals surface area contributed by atoms with E-state index in [-0.39, 0.29) is 0 Å². The third-order valence-corrected chi connectivity index (χ3v) is 10.2. The number of fused-ring (bicyclic) bond motifs is 11. The Balaban J connectivity index is 1.33. The van der Waals surface area contributed by atoms with Crippen LogP contribution in [0.1, 0.15) is 22.3 Å². The van der Waals surface area contributed by atoms with Crippen LogP contribution in [0.5, 0.6) is 11.5 Å². The number of benzene rings is 7. The third-order valence-electron chi connectivity index (χ3n) is 10.2. The third kappa shape index (κ3) is 4.23. The van der Waals surface area contributed by atoms with Gasteiger partial charge in [-0.05, 0) is 57.6 Å². The second kappa shape index (κ2) is 11.3. The minimum absolute atomic E-state index is 0.677. The van der Waals surface area contributed by atoms with E-state index in [0.29, 0.717) is 5.82 Å². The predicted molar refractivity (Wildman–Crippen MR) is 201 cm³/mol. The van der Waals surface area contributed by atoms with Gasteiger partial charge in [-0.25, -0.2) is 9.97 Å². The van der Waals surface area contributed by atoms with Crippen molar-refractivity contribution >= 4 is 0 Å². The molecular weight excluding hydrogens is 609 g/mol. The van der Waals surface area contributed by atoms with Gasteiger partial charge in [0.2, 0.25) is 0 Å². The Labute approximate surface area is 291 Å². The van der Waals surface area contributed by atoms with Crippen molar-refractivity contribution in [3.05, 3.63) is 204 Å². The molecule has 1 spiro atoms. The van der Waals surface area contributed by atoms with E-state index in [1.807, 2.05) is 24.3 Å². The number of hydrogen-bond donors (Lipinski definition) is 0. The van der Waals surface area contributed by atoms with Gasteiger partial charge in [-0.15, -0.1) is 0 Å². The molecule has 0 unspecified atom stereocenters. The van der Waals surface area contributed by atoms with Crippen molar-refractivity contribution in [2.45, 2.75) is 5.41 Å². The molecule has 10 rings (SSSR count). The van der Waals surface area contributed by atoms with Gasteiger partial charge in [0.1, 0.15) is 11.5 Å². The highest BCUT2D eigenvalue weighted by molar-refractivity contribution is 5.94. The Morgan fingerprint density at radius 1 is 0.340 bits per heavy atom. The first kappa shape index (κ1) is 28.4. The number of hydrogen-bond acceptors (Lipinski definition) is 3. The van der Waals surface area contributed by atoms with E-state index in [9.17, 15) is 0 Å². The van der Waals surface area contributed by atoms with Crippen LogP contribution < -0.4 is 4.74 Å². The number of aromatic nitrogens is 2. The summed E-state index contributed by atoms with van der Waals surface area (Å²) < 4.78 is 6.68. The van der Waals surface area contributed by atoms with Crippen LogP contribution in [0.2, 0.25) is 0 Å². The number of nitrogens with zero attached hydrogens (tertiary/aromatic N) is 2. The fraction of sp³-hybridized carbons (Fsp3) is 0.0213. The number of ether oxygens (including phenoxy) is 1. The molecule has 2 aliphatic rings. The Morgan fingerprint density at radius 2 is 0.820 bits per heavy atom. The minimum Gasteiger partial charge on any atom is -0.457 e. The van der Waals surface area contributed by atoms with Gasteiger partial charge in [-0.3, -0.25) is 0 Å². The van der Waals surface area contributed by atoms with E-state index in [4.69, 9.17) is 14.7 Å². The van der Waals surface area contributed by atoms with Crippen LogP contribution >= 0.6 is 0 Å². The topological polar surface area (TPSA) is 35.0 Å². The molecule has 0 bridgehead atoms. The molecule has 2 heterocycles. The normalized spacial score (nSPS) is 13.1. The van der Waals surface area contributed by atoms with Gasteiger partial charge in [0, 0.05) is 27.8 Å². The molecule has 1 aliphatic carbocycles. The SMILES string of the molecule is c1ccc(-c2cc(-c3ccc4c(c3)C3(c5ccccc5Oc5ccccc53)c3ccccc3-c3ccccc3-4)nc(-c3ccccc3)n2)cc1. The van der Waals surface area contributed by atoms with Crippen molar-refractivity contribution in [3.8, 4) is 67.7 Å². The zero-order valence-corrected chi connectivity index (χ0v) is 27.1. The van der Waals surface area contributed by atoms with E-state index in [0.717, 1.165) is 50.7 Å². The summed E-state index contributed by atoms with van der Waals surface area (Å²) >= 11 is 0. The van der Waals surface area contributed by atoms with Crippen molar-refractivity contribution in [2.75, 3.05) is 0 Å². The quantitative estimate of drug-likeness (QED) is 0.193. The van der Waals surface area contributed by atoms with E-state index in [2.05, 4.69) is 158 Å². The molecule has 3 nitrogen and oxygen atoms in total. The van der Waals surface area contributed by atoms with Crippen molar-refractivity contribution in [2.24, 2.45) is 0 Å². The van der Waals surface area contributed by atoms with Gasteiger partial charge < -0.3 is 4.74 Å². The van der Waals surface area contributed by atoms with Crippen LogP contribution in [0, 0.1) is 0 Å². The summed E-state index contributed by atoms with van der Waals surface area (Å²) in [6.07, 6.45) is 0. The fourth-order valence-electron chi connectivity index (χ4n) is 8.03. The van der Waals surface area contributed by atoms with Crippen molar-refractivity contribution in [3.63, 3.8) is 0 Å². The molecule has 0 atom stereocenters. The largest absolute Gasteiger partial charge is 0.457 e. The summed E-state index contributed by atoms with van der Waals surface area (Å²) in [6, 6.07) is 64.4. The van der Waals surface area contributed by atoms with Crippen LogP contribution in [0.3, 0.4) is 0 Å². The average Bonchev–Trinajstić information content (AvgIpc) is 3.30. The number of rotatable bonds is 3. The summed E-state index contributed by atoms with van der Waals surface area (Å²) in [7, 11) is 0.